The molecule has 0 atom stereocenters. The predicted octanol–water partition coefficient (Wildman–Crippen LogP) is 1.60. The number of hydrogen-bond donors (Lipinski definition) is 2. The van der Waals surface area contributed by atoms with Crippen molar-refractivity contribution in [1.82, 2.24) is 10.2 Å². The number of anilines is 1. The first kappa shape index (κ1) is 16.2. The molecule has 2 N–H and O–H groups in total. The molecular formula is C15H23N3O2. The zero-order valence-corrected chi connectivity index (χ0v) is 12.4. The van der Waals surface area contributed by atoms with E-state index < -0.39 is 0 Å². The molecule has 5 heteroatoms. The standard InChI is InChI=1S/C15H23N3O2/c1-12(19)18(3)11-13-7-4-5-8-14(13)17-15(20)9-6-10-16-2/h4-5,7-8,16H,6,9-11H2,1-3H3,(H,17,20). The van der Waals surface area contributed by atoms with Crippen LogP contribution in [0.4, 0.5) is 5.69 Å². The molecule has 0 bridgehead atoms. The summed E-state index contributed by atoms with van der Waals surface area (Å²) in [5, 5.41) is 5.92. The lowest BCUT2D eigenvalue weighted by Gasteiger charge is -2.17. The number of amides is 2. The van der Waals surface area contributed by atoms with Gasteiger partial charge in [-0.15, -0.1) is 0 Å². The first-order chi connectivity index (χ1) is 9.54. The molecule has 20 heavy (non-hydrogen) atoms. The van der Waals surface area contributed by atoms with E-state index in [2.05, 4.69) is 10.6 Å². The van der Waals surface area contributed by atoms with Gasteiger partial charge in [0.15, 0.2) is 0 Å². The molecule has 0 unspecified atom stereocenters. The number of benzene rings is 1. The van der Waals surface area contributed by atoms with E-state index in [4.69, 9.17) is 0 Å². The summed E-state index contributed by atoms with van der Waals surface area (Å²) in [4.78, 5) is 24.7. The average Bonchev–Trinajstić information content (AvgIpc) is 2.41. The highest BCUT2D eigenvalue weighted by Crippen LogP contribution is 2.17. The molecule has 0 heterocycles. The van der Waals surface area contributed by atoms with Crippen LogP contribution in [0.3, 0.4) is 0 Å². The Kier molecular flexibility index (Phi) is 6.73. The van der Waals surface area contributed by atoms with Crippen molar-refractivity contribution in [2.24, 2.45) is 0 Å². The molecule has 0 aliphatic rings. The van der Waals surface area contributed by atoms with Gasteiger partial charge in [-0.3, -0.25) is 9.59 Å². The smallest absolute Gasteiger partial charge is 0.224 e. The third-order valence-electron chi connectivity index (χ3n) is 3.07. The topological polar surface area (TPSA) is 61.4 Å². The van der Waals surface area contributed by atoms with Crippen LogP contribution in [-0.4, -0.2) is 37.4 Å². The quantitative estimate of drug-likeness (QED) is 0.744. The van der Waals surface area contributed by atoms with Crippen molar-refractivity contribution in [3.63, 3.8) is 0 Å². The van der Waals surface area contributed by atoms with Gasteiger partial charge in [0.2, 0.25) is 11.8 Å². The number of para-hydroxylation sites is 1. The first-order valence-corrected chi connectivity index (χ1v) is 6.78. The monoisotopic (exact) mass is 277 g/mol. The van der Waals surface area contributed by atoms with Crippen LogP contribution in [-0.2, 0) is 16.1 Å². The van der Waals surface area contributed by atoms with Crippen molar-refractivity contribution in [3.8, 4) is 0 Å². The Labute approximate surface area is 120 Å². The number of carbonyl (C=O) groups excluding carboxylic acids is 2. The molecule has 0 spiro atoms. The van der Waals surface area contributed by atoms with Crippen LogP contribution in [0.25, 0.3) is 0 Å². The Hall–Kier alpha value is -1.88. The highest BCUT2D eigenvalue weighted by atomic mass is 16.2. The van der Waals surface area contributed by atoms with Gasteiger partial charge >= 0.3 is 0 Å². The summed E-state index contributed by atoms with van der Waals surface area (Å²) < 4.78 is 0. The molecule has 0 aliphatic carbocycles. The largest absolute Gasteiger partial charge is 0.342 e. The van der Waals surface area contributed by atoms with Crippen LogP contribution in [0.2, 0.25) is 0 Å². The van der Waals surface area contributed by atoms with E-state index in [1.54, 1.807) is 11.9 Å². The summed E-state index contributed by atoms with van der Waals surface area (Å²) in [5.41, 5.74) is 1.71. The SMILES string of the molecule is CNCCCC(=O)Nc1ccccc1CN(C)C(C)=O. The molecule has 2 amide bonds. The highest BCUT2D eigenvalue weighted by Gasteiger charge is 2.09. The number of nitrogens with zero attached hydrogens (tertiary/aromatic N) is 1. The molecule has 110 valence electrons. The van der Waals surface area contributed by atoms with E-state index in [1.807, 2.05) is 31.3 Å². The van der Waals surface area contributed by atoms with Crippen LogP contribution < -0.4 is 10.6 Å². The maximum absolute atomic E-state index is 11.8. The Morgan fingerprint density at radius 1 is 1.25 bits per heavy atom. The molecule has 0 saturated carbocycles. The Morgan fingerprint density at radius 2 is 1.95 bits per heavy atom. The van der Waals surface area contributed by atoms with E-state index in [1.165, 1.54) is 6.92 Å². The second-order valence-electron chi connectivity index (χ2n) is 4.79. The van der Waals surface area contributed by atoms with Gasteiger partial charge < -0.3 is 15.5 Å². The molecule has 0 saturated heterocycles. The van der Waals surface area contributed by atoms with Gasteiger partial charge in [0.25, 0.3) is 0 Å². The van der Waals surface area contributed by atoms with E-state index in [0.717, 1.165) is 24.2 Å². The average molecular weight is 277 g/mol. The minimum absolute atomic E-state index is 0.000139. The van der Waals surface area contributed by atoms with Gasteiger partial charge in [0.05, 0.1) is 0 Å². The van der Waals surface area contributed by atoms with E-state index in [-0.39, 0.29) is 11.8 Å². The second-order valence-corrected chi connectivity index (χ2v) is 4.79. The van der Waals surface area contributed by atoms with E-state index in [0.29, 0.717) is 13.0 Å². The predicted molar refractivity (Wildman–Crippen MR) is 80.4 cm³/mol. The van der Waals surface area contributed by atoms with Gasteiger partial charge in [-0.05, 0) is 31.6 Å². The van der Waals surface area contributed by atoms with Crippen LogP contribution in [0.15, 0.2) is 24.3 Å². The van der Waals surface area contributed by atoms with Crippen molar-refractivity contribution in [2.75, 3.05) is 26.0 Å². The fourth-order valence-corrected chi connectivity index (χ4v) is 1.79. The summed E-state index contributed by atoms with van der Waals surface area (Å²) in [7, 11) is 3.61. The highest BCUT2D eigenvalue weighted by molar-refractivity contribution is 5.91. The molecule has 0 aliphatic heterocycles. The second kappa shape index (κ2) is 8.32. The van der Waals surface area contributed by atoms with Crippen molar-refractivity contribution < 1.29 is 9.59 Å². The molecule has 0 radical (unpaired) electrons. The number of rotatable bonds is 7. The zero-order chi connectivity index (χ0) is 15.0. The Bertz CT molecular complexity index is 460. The number of hydrogen-bond acceptors (Lipinski definition) is 3. The maximum atomic E-state index is 11.8. The fourth-order valence-electron chi connectivity index (χ4n) is 1.79. The van der Waals surface area contributed by atoms with Crippen molar-refractivity contribution in [2.45, 2.75) is 26.3 Å². The van der Waals surface area contributed by atoms with Gasteiger partial charge in [0, 0.05) is 32.6 Å². The van der Waals surface area contributed by atoms with Crippen LogP contribution in [0.1, 0.15) is 25.3 Å². The van der Waals surface area contributed by atoms with Gasteiger partial charge in [-0.2, -0.15) is 0 Å². The lowest BCUT2D eigenvalue weighted by molar-refractivity contribution is -0.128. The van der Waals surface area contributed by atoms with Gasteiger partial charge in [0.1, 0.15) is 0 Å². The first-order valence-electron chi connectivity index (χ1n) is 6.78. The lowest BCUT2D eigenvalue weighted by Crippen LogP contribution is -2.24. The molecular weight excluding hydrogens is 254 g/mol. The van der Waals surface area contributed by atoms with E-state index >= 15 is 0 Å². The number of nitrogens with one attached hydrogen (secondary N) is 2. The molecule has 1 aromatic rings. The van der Waals surface area contributed by atoms with Crippen molar-refractivity contribution >= 4 is 17.5 Å². The minimum atomic E-state index is -0.00169. The summed E-state index contributed by atoms with van der Waals surface area (Å²) in [6, 6.07) is 7.56. The zero-order valence-electron chi connectivity index (χ0n) is 12.4. The van der Waals surface area contributed by atoms with E-state index in [9.17, 15) is 9.59 Å². The summed E-state index contributed by atoms with van der Waals surface area (Å²) in [6.07, 6.45) is 1.29. The summed E-state index contributed by atoms with van der Waals surface area (Å²) >= 11 is 0. The summed E-state index contributed by atoms with van der Waals surface area (Å²) in [5.74, 6) is -0.00155. The van der Waals surface area contributed by atoms with Crippen molar-refractivity contribution in [3.05, 3.63) is 29.8 Å². The normalized spacial score (nSPS) is 10.2. The minimum Gasteiger partial charge on any atom is -0.342 e. The molecule has 1 aromatic carbocycles. The van der Waals surface area contributed by atoms with Gasteiger partial charge in [-0.25, -0.2) is 0 Å². The van der Waals surface area contributed by atoms with Gasteiger partial charge in [-0.1, -0.05) is 18.2 Å². The Balaban J connectivity index is 2.65. The lowest BCUT2D eigenvalue weighted by atomic mass is 10.1. The van der Waals surface area contributed by atoms with Crippen LogP contribution in [0.5, 0.6) is 0 Å². The fraction of sp³-hybridized carbons (Fsp3) is 0.467. The molecule has 0 aromatic heterocycles. The summed E-state index contributed by atoms with van der Waals surface area (Å²) in [6.45, 7) is 2.84. The maximum Gasteiger partial charge on any atom is 0.224 e. The Morgan fingerprint density at radius 3 is 2.60 bits per heavy atom. The molecule has 5 nitrogen and oxygen atoms in total. The van der Waals surface area contributed by atoms with Crippen LogP contribution >= 0.6 is 0 Å². The van der Waals surface area contributed by atoms with Crippen molar-refractivity contribution in [1.29, 1.82) is 0 Å². The third-order valence-corrected chi connectivity index (χ3v) is 3.07. The molecule has 0 fully saturated rings. The third kappa shape index (κ3) is 5.40. The molecule has 1 rings (SSSR count). The number of carbonyl (C=O) groups is 2. The van der Waals surface area contributed by atoms with Crippen LogP contribution in [0, 0.1) is 0 Å².